The second-order valence-corrected chi connectivity index (χ2v) is 20.8. The van der Waals surface area contributed by atoms with E-state index in [2.05, 4.69) is 73.8 Å². The first kappa shape index (κ1) is 76.5. The van der Waals surface area contributed by atoms with Crippen molar-refractivity contribution in [3.8, 4) is 0 Å². The molecule has 0 saturated carbocycles. The minimum Gasteiger partial charge on any atom is -0.480 e. The normalized spacial score (nSPS) is 15.2. The van der Waals surface area contributed by atoms with Gasteiger partial charge >= 0.3 is 5.97 Å². The van der Waals surface area contributed by atoms with Gasteiger partial charge in [0, 0.05) is 19.6 Å². The monoisotopic (exact) mass is 1250 g/mol. The van der Waals surface area contributed by atoms with Crippen LogP contribution in [0.3, 0.4) is 0 Å². The number of aliphatic hydroxyl groups excluding tert-OH is 1. The van der Waals surface area contributed by atoms with E-state index in [0.717, 1.165) is 6.92 Å². The molecule has 1 rings (SSSR count). The molecule has 9 atom stereocenters. The summed E-state index contributed by atoms with van der Waals surface area (Å²) in [6.45, 7) is 4.94. The third-order valence-electron chi connectivity index (χ3n) is 12.7. The van der Waals surface area contributed by atoms with Crippen LogP contribution in [-0.2, 0) is 71.9 Å². The molecular weight excluding hydrogens is 1170 g/mol. The Morgan fingerprint density at radius 3 is 1.36 bits per heavy atom. The van der Waals surface area contributed by atoms with Gasteiger partial charge in [0.05, 0.1) is 51.8 Å². The fourth-order valence-electron chi connectivity index (χ4n) is 8.13. The van der Waals surface area contributed by atoms with Crippen molar-refractivity contribution in [2.45, 2.75) is 141 Å². The number of carboxylic acids is 1. The van der Waals surface area contributed by atoms with E-state index in [-0.39, 0.29) is 76.1 Å². The number of carboxylic acid groups (broad SMARTS) is 1. The lowest BCUT2D eigenvalue weighted by Crippen LogP contribution is -2.59. The van der Waals surface area contributed by atoms with E-state index in [1.54, 1.807) is 13.8 Å². The number of aliphatic hydroxyl groups is 1. The minimum absolute atomic E-state index is 0.0295. The van der Waals surface area contributed by atoms with Crippen molar-refractivity contribution in [3.63, 3.8) is 0 Å². The van der Waals surface area contributed by atoms with Gasteiger partial charge in [-0.05, 0) is 64.2 Å². The number of likely N-dealkylation sites (tertiary alicyclic amines) is 1. The molecule has 1 fully saturated rings. The molecule has 0 aromatic heterocycles. The number of nitrogens with two attached hydrogens (primary N) is 6. The smallest absolute Gasteiger partial charge is 0.326 e. The summed E-state index contributed by atoms with van der Waals surface area (Å²) in [5.41, 5.74) is 32.1. The maximum atomic E-state index is 13.8. The number of carbonyl (C=O) groups excluding carboxylic acids is 14. The van der Waals surface area contributed by atoms with Crippen molar-refractivity contribution in [3.05, 3.63) is 0 Å². The molecule has 1 saturated heterocycles. The van der Waals surface area contributed by atoms with Gasteiger partial charge in [-0.3, -0.25) is 77.1 Å². The number of rotatable bonds is 39. The molecule has 26 N–H and O–H groups in total. The minimum atomic E-state index is -1.75. The summed E-state index contributed by atoms with van der Waals surface area (Å²) in [6.07, 6.45) is -1.73. The highest BCUT2D eigenvalue weighted by atomic mass is 16.4. The van der Waals surface area contributed by atoms with Crippen LogP contribution in [0.25, 0.3) is 0 Å². The number of hydrogen-bond donors (Lipinski definition) is 20. The van der Waals surface area contributed by atoms with E-state index in [0.29, 0.717) is 6.42 Å². The zero-order valence-corrected chi connectivity index (χ0v) is 50.0. The number of hydrogen-bond acceptors (Lipinski definition) is 19. The zero-order chi connectivity index (χ0) is 67.0. The maximum absolute atomic E-state index is 13.8. The first-order valence-electron chi connectivity index (χ1n) is 27.9. The summed E-state index contributed by atoms with van der Waals surface area (Å²) in [7, 11) is 0. The van der Waals surface area contributed by atoms with Crippen LogP contribution in [0, 0.1) is 11.8 Å². The van der Waals surface area contributed by atoms with E-state index in [1.165, 1.54) is 25.7 Å². The number of guanidine groups is 2. The van der Waals surface area contributed by atoms with Crippen LogP contribution >= 0.6 is 0 Å². The topological polar surface area (TPSA) is 625 Å². The van der Waals surface area contributed by atoms with Crippen LogP contribution < -0.4 is 98.2 Å². The Balaban J connectivity index is 2.91. The summed E-state index contributed by atoms with van der Waals surface area (Å²) in [4.78, 5) is 201. The van der Waals surface area contributed by atoms with Gasteiger partial charge in [0.15, 0.2) is 11.9 Å². The van der Waals surface area contributed by atoms with Gasteiger partial charge in [0.25, 0.3) is 0 Å². The van der Waals surface area contributed by atoms with Gasteiger partial charge in [0.2, 0.25) is 82.7 Å². The lowest BCUT2D eigenvalue weighted by atomic mass is 10.0. The standard InChI is InChI=1S/C50H87N21O17/c1-23(2)38(68-32(74)17-51)44(83)61-18-33(75)60-21-37(79)70-40(26(6)72)46(85)62-19-34(76)59-20-36(78)69-39(24(3)4)45(84)63-22-35(77)65-29(16-31(52)73)42(81)66-27(10-7-13-57-49(53)54)41(80)64-25(5)47(86)71-15-9-12-30(71)43(82)67-28(48(87)88)11-8-14-58-50(55)56/h23-30,38-40,72H,7-22,51H2,1-6H3,(H2,52,73)(H,59,76)(H,60,75)(H,61,83)(H,62,85)(H,63,84)(H,64,80)(H,65,77)(H,66,81)(H,67,82)(H,68,74)(H,69,78)(H,70,79)(H,87,88)(H4,53,54,57)(H4,55,56,58)/t25-,26+,27-,28-,29-,30-,38-,39-,40-/m0/s1. The van der Waals surface area contributed by atoms with Crippen LogP contribution in [0.15, 0.2) is 9.98 Å². The SMILES string of the molecule is CC(C)[C@H](NC(=O)CN)C(=O)NCC(=O)NCC(=O)N[C@H](C(=O)NCC(=O)NCC(=O)N[C@H](C(=O)NCC(=O)N[C@@H](CC(N)=O)C(=O)N[C@@H](CCCN=C(N)N)C(=O)N[C@@H](C)C(=O)N1CCC[C@H]1C(=O)N[C@@H](CCCN=C(N)N)C(=O)O)C(C)C)[C@@H](C)O. The van der Waals surface area contributed by atoms with Gasteiger partial charge in [-0.25, -0.2) is 4.79 Å². The molecular formula is C50H87N21O17. The second-order valence-electron chi connectivity index (χ2n) is 20.8. The average Bonchev–Trinajstić information content (AvgIpc) is 3.98. The van der Waals surface area contributed by atoms with Crippen LogP contribution in [0.2, 0.25) is 0 Å². The van der Waals surface area contributed by atoms with Crippen molar-refractivity contribution < 1.29 is 82.1 Å². The predicted octanol–water partition coefficient (Wildman–Crippen LogP) is -11.3. The highest BCUT2D eigenvalue weighted by Gasteiger charge is 2.39. The van der Waals surface area contributed by atoms with Gasteiger partial charge in [-0.15, -0.1) is 0 Å². The highest BCUT2D eigenvalue weighted by Crippen LogP contribution is 2.19. The molecule has 0 aliphatic carbocycles. The number of primary amides is 1. The van der Waals surface area contributed by atoms with E-state index in [4.69, 9.17) is 34.4 Å². The second kappa shape index (κ2) is 39.3. The van der Waals surface area contributed by atoms with E-state index in [9.17, 15) is 82.1 Å². The molecule has 0 bridgehead atoms. The fourth-order valence-corrected chi connectivity index (χ4v) is 8.13. The molecule has 0 spiro atoms. The van der Waals surface area contributed by atoms with Crippen LogP contribution in [0.1, 0.15) is 86.5 Å². The molecule has 0 aromatic carbocycles. The third-order valence-corrected chi connectivity index (χ3v) is 12.7. The average molecular weight is 1250 g/mol. The van der Waals surface area contributed by atoms with E-state index >= 15 is 0 Å². The van der Waals surface area contributed by atoms with Crippen molar-refractivity contribution in [1.82, 2.24) is 68.7 Å². The molecule has 0 radical (unpaired) electrons. The molecule has 88 heavy (non-hydrogen) atoms. The summed E-state index contributed by atoms with van der Waals surface area (Å²) in [5, 5.41) is 47.7. The summed E-state index contributed by atoms with van der Waals surface area (Å²) >= 11 is 0. The lowest BCUT2D eigenvalue weighted by molar-refractivity contribution is -0.145. The number of aliphatic imine (C=N–C) groups is 2. The van der Waals surface area contributed by atoms with Gasteiger partial charge in [-0.1, -0.05) is 27.7 Å². The Morgan fingerprint density at radius 1 is 0.500 bits per heavy atom. The van der Waals surface area contributed by atoms with Gasteiger partial charge in [0.1, 0.15) is 48.3 Å². The Labute approximate surface area is 506 Å². The first-order chi connectivity index (χ1) is 41.2. The van der Waals surface area contributed by atoms with Crippen LogP contribution in [0.5, 0.6) is 0 Å². The molecule has 1 aliphatic heterocycles. The van der Waals surface area contributed by atoms with Crippen LogP contribution in [-0.4, -0.2) is 229 Å². The van der Waals surface area contributed by atoms with Crippen molar-refractivity contribution in [2.75, 3.05) is 58.9 Å². The van der Waals surface area contributed by atoms with Crippen molar-refractivity contribution in [2.24, 2.45) is 56.2 Å². The maximum Gasteiger partial charge on any atom is 0.326 e. The number of nitrogens with one attached hydrogen (secondary N) is 12. The van der Waals surface area contributed by atoms with E-state index < -0.39 is 188 Å². The third kappa shape index (κ3) is 29.5. The lowest BCUT2D eigenvalue weighted by Gasteiger charge is -2.29. The zero-order valence-electron chi connectivity index (χ0n) is 50.0. The Morgan fingerprint density at radius 2 is 0.920 bits per heavy atom. The Kier molecular flexibility index (Phi) is 34.1. The summed E-state index contributed by atoms with van der Waals surface area (Å²) < 4.78 is 0. The van der Waals surface area contributed by atoms with E-state index in [1.807, 2.05) is 0 Å². The summed E-state index contributed by atoms with van der Waals surface area (Å²) in [6, 6.07) is -11.0. The molecule has 0 aromatic rings. The largest absolute Gasteiger partial charge is 0.480 e. The quantitative estimate of drug-likeness (QED) is 0.0154. The van der Waals surface area contributed by atoms with Crippen molar-refractivity contribution >= 4 is 101 Å². The molecule has 1 aliphatic rings. The predicted molar refractivity (Wildman–Crippen MR) is 311 cm³/mol. The van der Waals surface area contributed by atoms with Crippen molar-refractivity contribution in [1.29, 1.82) is 0 Å². The number of aliphatic carboxylic acids is 1. The first-order valence-corrected chi connectivity index (χ1v) is 27.9. The molecule has 14 amide bonds. The number of nitrogens with zero attached hydrogens (tertiary/aromatic N) is 3. The van der Waals surface area contributed by atoms with Gasteiger partial charge < -0.3 is 113 Å². The molecule has 1 heterocycles. The molecule has 494 valence electrons. The number of carbonyl (C=O) groups is 15. The summed E-state index contributed by atoms with van der Waals surface area (Å²) in [5.74, 6) is -15.3. The Bertz CT molecular complexity index is 2560. The van der Waals surface area contributed by atoms with Gasteiger partial charge in [-0.2, -0.15) is 0 Å². The number of amides is 14. The molecule has 38 heteroatoms. The highest BCUT2D eigenvalue weighted by molar-refractivity contribution is 5.99. The van der Waals surface area contributed by atoms with Crippen LogP contribution in [0.4, 0.5) is 0 Å². The fraction of sp³-hybridized carbons (Fsp3) is 0.660. The Hall–Kier alpha value is -9.49. The molecule has 38 nitrogen and oxygen atoms in total. The molecule has 0 unspecified atom stereocenters.